The number of Topliss-reactive ketones (excluding diaryl/α,β-unsaturated/α-hetero) is 1. The number of nitrogens with zero attached hydrogens (tertiary/aromatic N) is 1. The van der Waals surface area contributed by atoms with Crippen molar-refractivity contribution < 1.29 is 22.4 Å². The molecule has 0 radical (unpaired) electrons. The third-order valence-electron chi connectivity index (χ3n) is 5.51. The van der Waals surface area contributed by atoms with Crippen LogP contribution in [0.5, 0.6) is 0 Å². The van der Waals surface area contributed by atoms with Gasteiger partial charge in [-0.05, 0) is 40.8 Å². The van der Waals surface area contributed by atoms with Crippen LogP contribution in [0.3, 0.4) is 0 Å². The van der Waals surface area contributed by atoms with Gasteiger partial charge < -0.3 is 0 Å². The molecule has 0 amide bonds. The van der Waals surface area contributed by atoms with Crippen molar-refractivity contribution in [3.8, 4) is 0 Å². The predicted molar refractivity (Wildman–Crippen MR) is 109 cm³/mol. The molecule has 30 heavy (non-hydrogen) atoms. The van der Waals surface area contributed by atoms with Gasteiger partial charge in [-0.25, -0.2) is 4.39 Å². The highest BCUT2D eigenvalue weighted by Crippen LogP contribution is 2.43. The smallest absolute Gasteiger partial charge is 0.298 e. The van der Waals surface area contributed by atoms with E-state index in [2.05, 4.69) is 4.99 Å². The Labute approximate surface area is 175 Å². The lowest BCUT2D eigenvalue weighted by atomic mass is 9.88. The van der Waals surface area contributed by atoms with Crippen LogP contribution in [0.1, 0.15) is 34.9 Å². The number of rotatable bonds is 2. The molecule has 0 aliphatic heterocycles. The van der Waals surface area contributed by atoms with Crippen molar-refractivity contribution >= 4 is 33.9 Å². The summed E-state index contributed by atoms with van der Waals surface area (Å²) in [7, 11) is 1.50. The minimum atomic E-state index is -4.52. The monoisotopic (exact) mass is 433 g/mol. The Hall–Kier alpha value is -2.73. The molecule has 1 aliphatic rings. The first-order valence-electron chi connectivity index (χ1n) is 9.25. The summed E-state index contributed by atoms with van der Waals surface area (Å²) in [6, 6.07) is 12.4. The molecule has 3 aromatic carbocycles. The van der Waals surface area contributed by atoms with E-state index >= 15 is 0 Å². The average molecular weight is 434 g/mol. The number of benzene rings is 3. The lowest BCUT2D eigenvalue weighted by Gasteiger charge is -2.15. The fourth-order valence-corrected chi connectivity index (χ4v) is 4.41. The Morgan fingerprint density at radius 1 is 1.07 bits per heavy atom. The molecule has 0 spiro atoms. The molecular formula is C23H16ClF4NO. The van der Waals surface area contributed by atoms with Gasteiger partial charge in [-0.3, -0.25) is 9.79 Å². The normalized spacial score (nSPS) is 21.0. The number of hydrogen-bond donors (Lipinski definition) is 0. The Kier molecular flexibility index (Phi) is 5.14. The molecule has 2 nitrogen and oxygen atoms in total. The first-order chi connectivity index (χ1) is 14.2. The molecule has 4 rings (SSSR count). The molecule has 0 saturated heterocycles. The number of carbonyl (C=O) groups excluding carboxylic acids is 1. The van der Waals surface area contributed by atoms with Crippen LogP contribution in [0.25, 0.3) is 10.8 Å². The molecule has 0 aromatic heterocycles. The van der Waals surface area contributed by atoms with Gasteiger partial charge in [0.05, 0.1) is 11.5 Å². The molecule has 2 unspecified atom stereocenters. The van der Waals surface area contributed by atoms with Gasteiger partial charge in [0.2, 0.25) is 0 Å². The summed E-state index contributed by atoms with van der Waals surface area (Å²) in [4.78, 5) is 17.6. The number of halogens is 5. The summed E-state index contributed by atoms with van der Waals surface area (Å²) in [6.45, 7) is 0. The van der Waals surface area contributed by atoms with Gasteiger partial charge in [0, 0.05) is 35.5 Å². The van der Waals surface area contributed by atoms with E-state index in [1.54, 1.807) is 24.3 Å². The number of ketones is 1. The number of alkyl halides is 3. The van der Waals surface area contributed by atoms with Crippen LogP contribution in [0.15, 0.2) is 59.6 Å². The first-order valence-corrected chi connectivity index (χ1v) is 9.62. The minimum Gasteiger partial charge on any atom is -0.298 e. The van der Waals surface area contributed by atoms with E-state index in [9.17, 15) is 22.4 Å². The molecule has 0 heterocycles. The largest absolute Gasteiger partial charge is 0.416 e. The maximum Gasteiger partial charge on any atom is 0.416 e. The van der Waals surface area contributed by atoms with E-state index in [0.29, 0.717) is 27.1 Å². The van der Waals surface area contributed by atoms with E-state index in [1.807, 2.05) is 0 Å². The summed E-state index contributed by atoms with van der Waals surface area (Å²) in [5.74, 6) is -2.46. The van der Waals surface area contributed by atoms with Gasteiger partial charge in [-0.15, -0.1) is 0 Å². The Morgan fingerprint density at radius 3 is 2.50 bits per heavy atom. The summed E-state index contributed by atoms with van der Waals surface area (Å²) in [5.41, 5.74) is 0.292. The van der Waals surface area contributed by atoms with Crippen molar-refractivity contribution in [2.75, 3.05) is 7.05 Å². The SMILES string of the molecule is CN=C1CC(c2cc(Cl)cc3cccc(F)c23)C(=O)C1c1cccc(C(F)(F)F)c1. The zero-order chi connectivity index (χ0) is 21.6. The van der Waals surface area contributed by atoms with Crippen LogP contribution in [0, 0.1) is 5.82 Å². The third kappa shape index (κ3) is 3.49. The molecule has 2 atom stereocenters. The topological polar surface area (TPSA) is 29.4 Å². The van der Waals surface area contributed by atoms with Crippen molar-refractivity contribution in [2.24, 2.45) is 4.99 Å². The highest BCUT2D eigenvalue weighted by Gasteiger charge is 2.42. The van der Waals surface area contributed by atoms with Gasteiger partial charge >= 0.3 is 6.18 Å². The number of aliphatic imine (C=N–C) groups is 1. The van der Waals surface area contributed by atoms with Crippen LogP contribution < -0.4 is 0 Å². The quantitative estimate of drug-likeness (QED) is 0.421. The van der Waals surface area contributed by atoms with Crippen molar-refractivity contribution in [1.29, 1.82) is 0 Å². The van der Waals surface area contributed by atoms with Gasteiger partial charge in [-0.1, -0.05) is 41.9 Å². The molecule has 154 valence electrons. The van der Waals surface area contributed by atoms with E-state index in [-0.39, 0.29) is 17.8 Å². The van der Waals surface area contributed by atoms with E-state index in [1.165, 1.54) is 25.2 Å². The lowest BCUT2D eigenvalue weighted by molar-refractivity contribution is -0.137. The van der Waals surface area contributed by atoms with Crippen LogP contribution in [0.4, 0.5) is 17.6 Å². The summed E-state index contributed by atoms with van der Waals surface area (Å²) in [5, 5.41) is 1.21. The zero-order valence-corrected chi connectivity index (χ0v) is 16.6. The molecule has 3 aromatic rings. The fourth-order valence-electron chi connectivity index (χ4n) is 4.18. The van der Waals surface area contributed by atoms with Gasteiger partial charge in [0.1, 0.15) is 5.82 Å². The second kappa shape index (κ2) is 7.51. The molecule has 1 saturated carbocycles. The van der Waals surface area contributed by atoms with Crippen molar-refractivity contribution in [3.63, 3.8) is 0 Å². The van der Waals surface area contributed by atoms with Gasteiger partial charge in [0.25, 0.3) is 0 Å². The fraction of sp³-hybridized carbons (Fsp3) is 0.217. The summed E-state index contributed by atoms with van der Waals surface area (Å²) in [6.07, 6.45) is -4.33. The third-order valence-corrected chi connectivity index (χ3v) is 5.72. The predicted octanol–water partition coefficient (Wildman–Crippen LogP) is 6.56. The van der Waals surface area contributed by atoms with Crippen LogP contribution in [-0.2, 0) is 11.0 Å². The number of fused-ring (bicyclic) bond motifs is 1. The molecular weight excluding hydrogens is 418 g/mol. The van der Waals surface area contributed by atoms with Crippen molar-refractivity contribution in [3.05, 3.63) is 82.1 Å². The lowest BCUT2D eigenvalue weighted by Crippen LogP contribution is -2.16. The standard InChI is InChI=1S/C23H16ClF4NO/c1-29-19-11-17(16-10-15(24)9-13-5-3-7-18(25)20(13)16)22(30)21(19)12-4-2-6-14(8-12)23(26,27)28/h2-10,17,21H,11H2,1H3. The Bertz CT molecular complexity index is 1190. The van der Waals surface area contributed by atoms with Gasteiger partial charge in [0.15, 0.2) is 5.78 Å². The van der Waals surface area contributed by atoms with Gasteiger partial charge in [-0.2, -0.15) is 13.2 Å². The van der Waals surface area contributed by atoms with Crippen LogP contribution in [-0.4, -0.2) is 18.5 Å². The van der Waals surface area contributed by atoms with Crippen molar-refractivity contribution in [1.82, 2.24) is 0 Å². The minimum absolute atomic E-state index is 0.194. The van der Waals surface area contributed by atoms with E-state index in [0.717, 1.165) is 12.1 Å². The Balaban J connectivity index is 1.84. The first kappa shape index (κ1) is 20.5. The number of carbonyl (C=O) groups is 1. The van der Waals surface area contributed by atoms with Crippen molar-refractivity contribution in [2.45, 2.75) is 24.4 Å². The van der Waals surface area contributed by atoms with Crippen LogP contribution >= 0.6 is 11.6 Å². The van der Waals surface area contributed by atoms with E-state index < -0.39 is 29.4 Å². The molecule has 0 bridgehead atoms. The molecule has 1 aliphatic carbocycles. The second-order valence-corrected chi connectivity index (χ2v) is 7.70. The molecule has 7 heteroatoms. The maximum atomic E-state index is 14.6. The van der Waals surface area contributed by atoms with Crippen LogP contribution in [0.2, 0.25) is 5.02 Å². The van der Waals surface area contributed by atoms with E-state index in [4.69, 9.17) is 11.6 Å². The maximum absolute atomic E-state index is 14.6. The highest BCUT2D eigenvalue weighted by atomic mass is 35.5. The summed E-state index contributed by atoms with van der Waals surface area (Å²) >= 11 is 6.21. The number of hydrogen-bond acceptors (Lipinski definition) is 2. The highest BCUT2D eigenvalue weighted by molar-refractivity contribution is 6.31. The Morgan fingerprint density at radius 2 is 1.80 bits per heavy atom. The molecule has 1 fully saturated rings. The second-order valence-electron chi connectivity index (χ2n) is 7.26. The average Bonchev–Trinajstić information content (AvgIpc) is 3.03. The zero-order valence-electron chi connectivity index (χ0n) is 15.8. The molecule has 0 N–H and O–H groups in total. The summed E-state index contributed by atoms with van der Waals surface area (Å²) < 4.78 is 54.1.